The summed E-state index contributed by atoms with van der Waals surface area (Å²) >= 11 is 5.65. The lowest BCUT2D eigenvalue weighted by Crippen LogP contribution is -2.31. The number of rotatable bonds is 2. The summed E-state index contributed by atoms with van der Waals surface area (Å²) in [5.74, 6) is -0.204. The number of alkyl halides is 1. The molecule has 0 bridgehead atoms. The normalized spacial score (nSPS) is 16.4. The van der Waals surface area contributed by atoms with Crippen LogP contribution in [0.3, 0.4) is 0 Å². The van der Waals surface area contributed by atoms with Crippen LogP contribution in [0.2, 0.25) is 0 Å². The summed E-state index contributed by atoms with van der Waals surface area (Å²) in [7, 11) is 0. The highest BCUT2D eigenvalue weighted by atomic mass is 79.9. The molecule has 0 aliphatic carbocycles. The van der Waals surface area contributed by atoms with Crippen LogP contribution < -0.4 is 0 Å². The fourth-order valence-electron chi connectivity index (χ4n) is 0.138. The average molecular weight is 258 g/mol. The average Bonchev–Trinajstić information content (AvgIpc) is 1.65. The van der Waals surface area contributed by atoms with Crippen LogP contribution in [0.5, 0.6) is 0 Å². The molecule has 0 heterocycles. The second kappa shape index (κ2) is 2.92. The summed E-state index contributed by atoms with van der Waals surface area (Å²) in [6.07, 6.45) is 0. The molecule has 0 aromatic carbocycles. The van der Waals surface area contributed by atoms with Crippen LogP contribution in [-0.4, -0.2) is 14.8 Å². The summed E-state index contributed by atoms with van der Waals surface area (Å²) in [4.78, 5) is 21.2. The molecular formula is C5H6Br2O2. The first-order valence-electron chi connectivity index (χ1n) is 2.29. The SMILES string of the molecule is CC(=O)C(C)(Br)C(=O)Br. The van der Waals surface area contributed by atoms with Crippen molar-refractivity contribution in [3.8, 4) is 0 Å². The van der Waals surface area contributed by atoms with Gasteiger partial charge in [-0.2, -0.15) is 0 Å². The minimum atomic E-state index is -1.05. The van der Waals surface area contributed by atoms with Crippen molar-refractivity contribution in [2.24, 2.45) is 0 Å². The number of halogens is 2. The third kappa shape index (κ3) is 2.18. The largest absolute Gasteiger partial charge is 0.298 e. The van der Waals surface area contributed by atoms with Gasteiger partial charge < -0.3 is 0 Å². The Morgan fingerprint density at radius 1 is 1.44 bits per heavy atom. The van der Waals surface area contributed by atoms with Gasteiger partial charge in [-0.1, -0.05) is 15.9 Å². The molecule has 0 aromatic heterocycles. The van der Waals surface area contributed by atoms with Crippen molar-refractivity contribution in [2.45, 2.75) is 18.2 Å². The van der Waals surface area contributed by atoms with Gasteiger partial charge in [0.2, 0.25) is 4.69 Å². The Morgan fingerprint density at radius 2 is 1.78 bits per heavy atom. The van der Waals surface area contributed by atoms with Gasteiger partial charge >= 0.3 is 0 Å². The van der Waals surface area contributed by atoms with E-state index in [2.05, 4.69) is 31.9 Å². The van der Waals surface area contributed by atoms with Gasteiger partial charge in [-0.15, -0.1) is 0 Å². The highest BCUT2D eigenvalue weighted by molar-refractivity contribution is 9.20. The van der Waals surface area contributed by atoms with E-state index in [0.29, 0.717) is 0 Å². The fourth-order valence-corrected chi connectivity index (χ4v) is 0.418. The van der Waals surface area contributed by atoms with E-state index < -0.39 is 4.32 Å². The number of Topliss-reactive ketones (excluding diaryl/α,β-unsaturated/α-hetero) is 1. The molecule has 0 saturated heterocycles. The molecule has 0 radical (unpaired) electrons. The third-order valence-corrected chi connectivity index (χ3v) is 3.27. The summed E-state index contributed by atoms with van der Waals surface area (Å²) in [6, 6.07) is 0. The molecule has 0 aliphatic heterocycles. The number of hydrogen-bond donors (Lipinski definition) is 0. The molecule has 0 N–H and O–H groups in total. The smallest absolute Gasteiger partial charge is 0.221 e. The predicted octanol–water partition coefficient (Wildman–Crippen LogP) is 1.65. The minimum absolute atomic E-state index is 0.204. The summed E-state index contributed by atoms with van der Waals surface area (Å²) in [6.45, 7) is 2.86. The highest BCUT2D eigenvalue weighted by Gasteiger charge is 2.32. The van der Waals surface area contributed by atoms with Gasteiger partial charge in [0.25, 0.3) is 0 Å². The van der Waals surface area contributed by atoms with E-state index >= 15 is 0 Å². The van der Waals surface area contributed by atoms with Crippen molar-refractivity contribution >= 4 is 42.3 Å². The summed E-state index contributed by atoms with van der Waals surface area (Å²) < 4.78 is -1.39. The van der Waals surface area contributed by atoms with Crippen molar-refractivity contribution in [2.75, 3.05) is 0 Å². The van der Waals surface area contributed by atoms with Crippen LogP contribution in [0.4, 0.5) is 0 Å². The second-order valence-corrected chi connectivity index (χ2v) is 4.14. The van der Waals surface area contributed by atoms with Gasteiger partial charge in [-0.05, 0) is 29.8 Å². The molecule has 0 fully saturated rings. The standard InChI is InChI=1S/C5H6Br2O2/c1-3(8)5(2,7)4(6)9/h1-2H3. The molecule has 0 aromatic rings. The summed E-state index contributed by atoms with van der Waals surface area (Å²) in [5.41, 5.74) is 0. The lowest BCUT2D eigenvalue weighted by Gasteiger charge is -2.11. The van der Waals surface area contributed by atoms with Crippen LogP contribution in [-0.2, 0) is 9.59 Å². The maximum absolute atomic E-state index is 10.6. The quantitative estimate of drug-likeness (QED) is 0.428. The van der Waals surface area contributed by atoms with Crippen molar-refractivity contribution < 1.29 is 9.59 Å². The van der Waals surface area contributed by atoms with Gasteiger partial charge in [0.05, 0.1) is 0 Å². The first kappa shape index (κ1) is 9.30. The zero-order valence-electron chi connectivity index (χ0n) is 5.07. The van der Waals surface area contributed by atoms with E-state index in [4.69, 9.17) is 0 Å². The van der Waals surface area contributed by atoms with Gasteiger partial charge in [0.1, 0.15) is 4.32 Å². The number of carbonyl (C=O) groups excluding carboxylic acids is 2. The van der Waals surface area contributed by atoms with E-state index in [0.717, 1.165) is 0 Å². The number of ketones is 1. The van der Waals surface area contributed by atoms with Crippen molar-refractivity contribution in [3.63, 3.8) is 0 Å². The molecule has 0 amide bonds. The monoisotopic (exact) mass is 256 g/mol. The first-order chi connectivity index (χ1) is 3.89. The Bertz CT molecular complexity index is 135. The van der Waals surface area contributed by atoms with E-state index in [9.17, 15) is 9.59 Å². The van der Waals surface area contributed by atoms with Crippen molar-refractivity contribution in [3.05, 3.63) is 0 Å². The summed E-state index contributed by atoms with van der Waals surface area (Å²) in [5, 5.41) is 0. The molecule has 2 nitrogen and oxygen atoms in total. The molecule has 0 saturated carbocycles. The number of hydrogen-bond acceptors (Lipinski definition) is 2. The lowest BCUT2D eigenvalue weighted by atomic mass is 10.1. The molecule has 0 spiro atoms. The molecule has 1 atom stereocenters. The predicted molar refractivity (Wildman–Crippen MR) is 41.9 cm³/mol. The zero-order chi connectivity index (χ0) is 7.65. The number of carbonyl (C=O) groups is 2. The Kier molecular flexibility index (Phi) is 3.02. The van der Waals surface area contributed by atoms with E-state index in [1.165, 1.54) is 13.8 Å². The first-order valence-corrected chi connectivity index (χ1v) is 3.87. The third-order valence-electron chi connectivity index (χ3n) is 1.03. The fraction of sp³-hybridized carbons (Fsp3) is 0.600. The van der Waals surface area contributed by atoms with Gasteiger partial charge in [0, 0.05) is 0 Å². The molecule has 0 rings (SSSR count). The minimum Gasteiger partial charge on any atom is -0.298 e. The van der Waals surface area contributed by atoms with E-state index in [1.54, 1.807) is 0 Å². The lowest BCUT2D eigenvalue weighted by molar-refractivity contribution is -0.123. The molecule has 4 heteroatoms. The van der Waals surface area contributed by atoms with Crippen LogP contribution in [0.15, 0.2) is 0 Å². The molecular weight excluding hydrogens is 252 g/mol. The maximum Gasteiger partial charge on any atom is 0.221 e. The van der Waals surface area contributed by atoms with Crippen LogP contribution in [0.25, 0.3) is 0 Å². The van der Waals surface area contributed by atoms with Gasteiger partial charge in [0.15, 0.2) is 5.78 Å². The topological polar surface area (TPSA) is 34.1 Å². The Labute approximate surface area is 70.3 Å². The van der Waals surface area contributed by atoms with Gasteiger partial charge in [-0.3, -0.25) is 9.59 Å². The van der Waals surface area contributed by atoms with Crippen LogP contribution in [0.1, 0.15) is 13.8 Å². The Balaban J connectivity index is 4.38. The maximum atomic E-state index is 10.6. The van der Waals surface area contributed by atoms with Crippen molar-refractivity contribution in [1.82, 2.24) is 0 Å². The van der Waals surface area contributed by atoms with E-state index in [1.807, 2.05) is 0 Å². The molecule has 1 unspecified atom stereocenters. The molecule has 0 aliphatic rings. The van der Waals surface area contributed by atoms with Gasteiger partial charge in [-0.25, -0.2) is 0 Å². The van der Waals surface area contributed by atoms with Crippen LogP contribution in [0, 0.1) is 0 Å². The molecule has 9 heavy (non-hydrogen) atoms. The van der Waals surface area contributed by atoms with Crippen molar-refractivity contribution in [1.29, 1.82) is 0 Å². The van der Waals surface area contributed by atoms with E-state index in [-0.39, 0.29) is 10.5 Å². The Morgan fingerprint density at radius 3 is 1.78 bits per heavy atom. The Hall–Kier alpha value is 0.300. The molecule has 52 valence electrons. The highest BCUT2D eigenvalue weighted by Crippen LogP contribution is 2.22. The second-order valence-electron chi connectivity index (χ2n) is 1.83. The van der Waals surface area contributed by atoms with Crippen LogP contribution >= 0.6 is 31.9 Å². The zero-order valence-corrected chi connectivity index (χ0v) is 8.24.